The first-order chi connectivity index (χ1) is 14.1. The second-order valence-corrected chi connectivity index (χ2v) is 8.54. The molecule has 1 aliphatic carbocycles. The molecule has 2 fully saturated rings. The van der Waals surface area contributed by atoms with E-state index in [-0.39, 0.29) is 11.6 Å². The van der Waals surface area contributed by atoms with E-state index in [9.17, 15) is 4.79 Å². The summed E-state index contributed by atoms with van der Waals surface area (Å²) in [5.41, 5.74) is 1.94. The molecule has 0 atom stereocenters. The van der Waals surface area contributed by atoms with Gasteiger partial charge in [0, 0.05) is 49.4 Å². The number of nitrogens with zero attached hydrogens (tertiary/aromatic N) is 7. The molecule has 3 aromatic heterocycles. The zero-order valence-corrected chi connectivity index (χ0v) is 16.9. The van der Waals surface area contributed by atoms with Crippen molar-refractivity contribution in [2.45, 2.75) is 64.0 Å². The van der Waals surface area contributed by atoms with Crippen LogP contribution in [0, 0.1) is 0 Å². The van der Waals surface area contributed by atoms with E-state index < -0.39 is 0 Å². The molecule has 0 spiro atoms. The Labute approximate surface area is 168 Å². The zero-order chi connectivity index (χ0) is 20.0. The van der Waals surface area contributed by atoms with Crippen molar-refractivity contribution < 1.29 is 0 Å². The van der Waals surface area contributed by atoms with Crippen LogP contribution < -0.4 is 5.56 Å². The Bertz CT molecular complexity index is 1060. The van der Waals surface area contributed by atoms with Crippen LogP contribution in [0.3, 0.4) is 0 Å². The number of piperidine rings is 1. The highest BCUT2D eigenvalue weighted by Gasteiger charge is 2.29. The van der Waals surface area contributed by atoms with Crippen LogP contribution in [-0.4, -0.2) is 52.9 Å². The van der Waals surface area contributed by atoms with Crippen molar-refractivity contribution in [3.63, 3.8) is 0 Å². The lowest BCUT2D eigenvalue weighted by Crippen LogP contribution is -2.34. The van der Waals surface area contributed by atoms with Crippen molar-refractivity contribution >= 4 is 11.2 Å². The molecule has 1 aliphatic heterocycles. The number of hydrogen-bond acceptors (Lipinski definition) is 7. The van der Waals surface area contributed by atoms with Gasteiger partial charge in [0.25, 0.3) is 5.56 Å². The summed E-state index contributed by atoms with van der Waals surface area (Å²) in [4.78, 5) is 31.2. The average Bonchev–Trinajstić information content (AvgIpc) is 3.49. The van der Waals surface area contributed by atoms with Gasteiger partial charge in [-0.3, -0.25) is 9.69 Å². The van der Waals surface area contributed by atoms with Crippen LogP contribution in [0.25, 0.3) is 11.2 Å². The van der Waals surface area contributed by atoms with Gasteiger partial charge in [-0.05, 0) is 25.7 Å². The molecule has 5 rings (SSSR count). The van der Waals surface area contributed by atoms with Crippen LogP contribution >= 0.6 is 0 Å². The van der Waals surface area contributed by atoms with Gasteiger partial charge in [0.1, 0.15) is 11.6 Å². The van der Waals surface area contributed by atoms with Crippen molar-refractivity contribution in [3.8, 4) is 0 Å². The Morgan fingerprint density at radius 3 is 2.52 bits per heavy atom. The summed E-state index contributed by atoms with van der Waals surface area (Å²) in [5, 5.41) is 8.38. The summed E-state index contributed by atoms with van der Waals surface area (Å²) in [6, 6.07) is 0.220. The van der Waals surface area contributed by atoms with Crippen LogP contribution in [0.15, 0.2) is 17.2 Å². The van der Waals surface area contributed by atoms with Gasteiger partial charge in [-0.25, -0.2) is 19.6 Å². The van der Waals surface area contributed by atoms with Crippen molar-refractivity contribution in [1.82, 2.24) is 39.8 Å². The minimum atomic E-state index is -0.176. The lowest BCUT2D eigenvalue weighted by molar-refractivity contribution is 0.173. The average molecular weight is 394 g/mol. The summed E-state index contributed by atoms with van der Waals surface area (Å²) in [7, 11) is 0. The van der Waals surface area contributed by atoms with Gasteiger partial charge in [-0.1, -0.05) is 19.1 Å². The molecule has 3 aromatic rings. The topological polar surface area (TPSA) is 105 Å². The molecule has 1 N–H and O–H groups in total. The third-order valence-electron chi connectivity index (χ3n) is 5.87. The molecule has 1 saturated carbocycles. The number of aromatic nitrogens is 7. The number of hydrogen-bond donors (Lipinski definition) is 1. The van der Waals surface area contributed by atoms with E-state index in [4.69, 9.17) is 4.98 Å². The molecule has 0 unspecified atom stereocenters. The SMILES string of the molecule is CC(C)c1ncc(CN2CCC(n3nnc4c(=O)[nH]c(C5CC5)nc43)CC2)cn1. The summed E-state index contributed by atoms with van der Waals surface area (Å²) in [5.74, 6) is 2.41. The normalized spacial score (nSPS) is 18.7. The van der Waals surface area contributed by atoms with Crippen molar-refractivity contribution in [1.29, 1.82) is 0 Å². The fourth-order valence-electron chi connectivity index (χ4n) is 3.98. The molecule has 29 heavy (non-hydrogen) atoms. The van der Waals surface area contributed by atoms with Crippen LogP contribution in [0.4, 0.5) is 0 Å². The monoisotopic (exact) mass is 394 g/mol. The smallest absolute Gasteiger partial charge is 0.281 e. The minimum Gasteiger partial charge on any atom is -0.308 e. The molecule has 2 aliphatic rings. The number of nitrogens with one attached hydrogen (secondary N) is 1. The Morgan fingerprint density at radius 2 is 1.86 bits per heavy atom. The fourth-order valence-corrected chi connectivity index (χ4v) is 3.98. The molecule has 0 radical (unpaired) electrons. The molecular formula is C20H26N8O. The maximum Gasteiger partial charge on any atom is 0.281 e. The molecule has 0 aromatic carbocycles. The van der Waals surface area contributed by atoms with E-state index >= 15 is 0 Å². The molecular weight excluding hydrogens is 368 g/mol. The summed E-state index contributed by atoms with van der Waals surface area (Å²) >= 11 is 0. The largest absolute Gasteiger partial charge is 0.308 e. The molecule has 0 amide bonds. The summed E-state index contributed by atoms with van der Waals surface area (Å²) in [6.07, 6.45) is 7.98. The van der Waals surface area contributed by atoms with Gasteiger partial charge in [0.05, 0.1) is 6.04 Å². The Morgan fingerprint density at radius 1 is 1.14 bits per heavy atom. The molecule has 152 valence electrons. The number of H-pyrrole nitrogens is 1. The molecule has 1 saturated heterocycles. The fraction of sp³-hybridized carbons (Fsp3) is 0.600. The van der Waals surface area contributed by atoms with E-state index in [1.807, 2.05) is 17.1 Å². The number of likely N-dealkylation sites (tertiary alicyclic amines) is 1. The van der Waals surface area contributed by atoms with Gasteiger partial charge in [0.2, 0.25) is 0 Å². The standard InChI is InChI=1S/C20H26N8O/c1-12(2)17-21-9-13(10-22-17)11-27-7-5-15(6-8-27)28-19-16(25-26-28)20(29)24-18(23-19)14-3-4-14/h9-10,12,14-15H,3-8,11H2,1-2H3,(H,23,24,29). The Hall–Kier alpha value is -2.68. The van der Waals surface area contributed by atoms with Crippen LogP contribution in [0.5, 0.6) is 0 Å². The van der Waals surface area contributed by atoms with Crippen molar-refractivity contribution in [3.05, 3.63) is 40.0 Å². The first-order valence-electron chi connectivity index (χ1n) is 10.5. The number of fused-ring (bicyclic) bond motifs is 1. The van der Waals surface area contributed by atoms with Gasteiger partial charge >= 0.3 is 0 Å². The predicted molar refractivity (Wildman–Crippen MR) is 108 cm³/mol. The quantitative estimate of drug-likeness (QED) is 0.707. The second kappa shape index (κ2) is 7.29. The Balaban J connectivity index is 1.27. The number of rotatable bonds is 5. The lowest BCUT2D eigenvalue weighted by atomic mass is 10.0. The van der Waals surface area contributed by atoms with Crippen LogP contribution in [-0.2, 0) is 6.54 Å². The van der Waals surface area contributed by atoms with Crippen molar-refractivity contribution in [2.24, 2.45) is 0 Å². The van der Waals surface area contributed by atoms with Gasteiger partial charge in [0.15, 0.2) is 11.2 Å². The molecule has 0 bridgehead atoms. The highest BCUT2D eigenvalue weighted by atomic mass is 16.1. The summed E-state index contributed by atoms with van der Waals surface area (Å²) < 4.78 is 1.87. The predicted octanol–water partition coefficient (Wildman–Crippen LogP) is 2.14. The van der Waals surface area contributed by atoms with E-state index in [0.29, 0.717) is 23.0 Å². The highest BCUT2D eigenvalue weighted by molar-refractivity contribution is 5.68. The third kappa shape index (κ3) is 3.66. The highest BCUT2D eigenvalue weighted by Crippen LogP contribution is 2.38. The first-order valence-corrected chi connectivity index (χ1v) is 10.5. The maximum atomic E-state index is 12.3. The maximum absolute atomic E-state index is 12.3. The summed E-state index contributed by atoms with van der Waals surface area (Å²) in [6.45, 7) is 6.97. The van der Waals surface area contributed by atoms with E-state index in [1.165, 1.54) is 0 Å². The van der Waals surface area contributed by atoms with E-state index in [1.54, 1.807) is 0 Å². The second-order valence-electron chi connectivity index (χ2n) is 8.54. The minimum absolute atomic E-state index is 0.176. The third-order valence-corrected chi connectivity index (χ3v) is 5.87. The van der Waals surface area contributed by atoms with Crippen molar-refractivity contribution in [2.75, 3.05) is 13.1 Å². The molecule has 4 heterocycles. The molecule has 9 heteroatoms. The van der Waals surface area contributed by atoms with Gasteiger partial charge in [-0.2, -0.15) is 0 Å². The zero-order valence-electron chi connectivity index (χ0n) is 16.9. The van der Waals surface area contributed by atoms with Gasteiger partial charge in [-0.15, -0.1) is 5.10 Å². The van der Waals surface area contributed by atoms with Gasteiger partial charge < -0.3 is 4.98 Å². The van der Waals surface area contributed by atoms with E-state index in [2.05, 4.69) is 44.0 Å². The Kier molecular flexibility index (Phi) is 4.61. The number of aromatic amines is 1. The van der Waals surface area contributed by atoms with Crippen LogP contribution in [0.2, 0.25) is 0 Å². The first kappa shape index (κ1) is 18.4. The van der Waals surface area contributed by atoms with E-state index in [0.717, 1.165) is 62.5 Å². The molecule has 9 nitrogen and oxygen atoms in total. The van der Waals surface area contributed by atoms with Crippen LogP contribution in [0.1, 0.15) is 74.6 Å². The lowest BCUT2D eigenvalue weighted by Gasteiger charge is -2.31.